The number of carbonyl (C=O) groups is 2. The Morgan fingerprint density at radius 2 is 1.81 bits per heavy atom. The average molecular weight is 487 g/mol. The number of nitrogens with zero attached hydrogens (tertiary/aromatic N) is 2. The van der Waals surface area contributed by atoms with Crippen molar-refractivity contribution >= 4 is 17.6 Å². The number of hydrogen-bond acceptors (Lipinski definition) is 6. The van der Waals surface area contributed by atoms with E-state index < -0.39 is 17.9 Å². The lowest BCUT2D eigenvalue weighted by molar-refractivity contribution is -0.144. The molecule has 4 heterocycles. The third-order valence-corrected chi connectivity index (χ3v) is 8.27. The van der Waals surface area contributed by atoms with Crippen LogP contribution in [0.2, 0.25) is 0 Å². The van der Waals surface area contributed by atoms with Gasteiger partial charge in [0.15, 0.2) is 5.76 Å². The molecule has 0 aromatic heterocycles. The molecule has 0 bridgehead atoms. The molecule has 2 amide bonds. The monoisotopic (exact) mass is 486 g/mol. The number of hydrogen-bond donors (Lipinski definition) is 2. The van der Waals surface area contributed by atoms with Crippen molar-refractivity contribution in [2.75, 3.05) is 13.3 Å². The number of fused-ring (bicyclic) bond motifs is 3. The van der Waals surface area contributed by atoms with Crippen molar-refractivity contribution in [2.24, 2.45) is 23.5 Å². The number of nitrogens with one attached hydrogen (secondary N) is 1. The molecule has 2 aromatic carbocycles. The number of nitrogens with two attached hydrogens (primary N) is 1. The molecule has 6 unspecified atom stereocenters. The molecule has 186 valence electrons. The van der Waals surface area contributed by atoms with E-state index in [0.717, 1.165) is 24.1 Å². The van der Waals surface area contributed by atoms with Gasteiger partial charge >= 0.3 is 0 Å². The van der Waals surface area contributed by atoms with Gasteiger partial charge < -0.3 is 15.2 Å². The summed E-state index contributed by atoms with van der Waals surface area (Å²) in [5, 5.41) is 7.72. The highest BCUT2D eigenvalue weighted by atomic mass is 16.7. The van der Waals surface area contributed by atoms with Gasteiger partial charge in [0.2, 0.25) is 18.6 Å². The van der Waals surface area contributed by atoms with E-state index in [-0.39, 0.29) is 36.5 Å². The first kappa shape index (κ1) is 22.8. The fourth-order valence-electron chi connectivity index (χ4n) is 6.67. The third-order valence-electron chi connectivity index (χ3n) is 8.27. The van der Waals surface area contributed by atoms with Crippen LogP contribution in [0.5, 0.6) is 0 Å². The van der Waals surface area contributed by atoms with Crippen LogP contribution in [0.15, 0.2) is 66.6 Å². The van der Waals surface area contributed by atoms with Crippen molar-refractivity contribution in [3.8, 4) is 0 Å². The summed E-state index contributed by atoms with van der Waals surface area (Å²) in [6, 6.07) is 16.7. The molecular weight excluding hydrogens is 456 g/mol. The summed E-state index contributed by atoms with van der Waals surface area (Å²) in [5.41, 5.74) is 8.30. The van der Waals surface area contributed by atoms with Crippen molar-refractivity contribution < 1.29 is 19.1 Å². The number of amidine groups is 1. The van der Waals surface area contributed by atoms with E-state index in [1.807, 2.05) is 54.6 Å². The molecule has 4 aliphatic rings. The number of nitrogen functional groups attached to an aromatic ring is 1. The molecular formula is C28H30N4O4. The van der Waals surface area contributed by atoms with Crippen molar-refractivity contribution in [2.45, 2.75) is 37.9 Å². The van der Waals surface area contributed by atoms with Crippen LogP contribution in [-0.2, 0) is 25.5 Å². The molecule has 0 aliphatic carbocycles. The van der Waals surface area contributed by atoms with E-state index in [4.69, 9.17) is 20.6 Å². The van der Waals surface area contributed by atoms with Gasteiger partial charge in [0, 0.05) is 24.1 Å². The molecule has 3 saturated heterocycles. The molecule has 3 N–H and O–H groups in total. The summed E-state index contributed by atoms with van der Waals surface area (Å²) < 4.78 is 11.1. The van der Waals surface area contributed by atoms with Crippen LogP contribution >= 0.6 is 0 Å². The number of rotatable bonds is 6. The Labute approximate surface area is 210 Å². The zero-order valence-corrected chi connectivity index (χ0v) is 20.2. The average Bonchev–Trinajstić information content (AvgIpc) is 3.65. The smallest absolute Gasteiger partial charge is 0.235 e. The van der Waals surface area contributed by atoms with Crippen LogP contribution in [0, 0.1) is 23.2 Å². The standard InChI is InChI=1S/C28H30N4O4/c1-16-11-12-31-24(16)22-23(25(31)18-7-9-19(10-8-18)26(29)30)28(34)32(27(22)33)20(21-14-35-15-36-21)13-17-5-3-2-4-6-17/h2-10,14,16,20,22-25H,11-13,15H2,1H3,(H3,29,30). The van der Waals surface area contributed by atoms with E-state index in [1.54, 1.807) is 0 Å². The second-order valence-electron chi connectivity index (χ2n) is 10.2. The van der Waals surface area contributed by atoms with Crippen LogP contribution in [0.1, 0.15) is 36.1 Å². The van der Waals surface area contributed by atoms with Crippen molar-refractivity contribution in [3.05, 3.63) is 83.3 Å². The normalized spacial score (nSPS) is 30.0. The van der Waals surface area contributed by atoms with Gasteiger partial charge in [-0.3, -0.25) is 24.8 Å². The second-order valence-corrected chi connectivity index (χ2v) is 10.2. The highest BCUT2D eigenvalue weighted by Gasteiger charge is 2.65. The van der Waals surface area contributed by atoms with Crippen LogP contribution in [0.25, 0.3) is 0 Å². The molecule has 2 aromatic rings. The first-order valence-electron chi connectivity index (χ1n) is 12.5. The van der Waals surface area contributed by atoms with Crippen LogP contribution in [0.3, 0.4) is 0 Å². The maximum atomic E-state index is 14.2. The zero-order chi connectivity index (χ0) is 25.0. The maximum absolute atomic E-state index is 14.2. The minimum Gasteiger partial charge on any atom is -0.462 e. The molecule has 36 heavy (non-hydrogen) atoms. The minimum atomic E-state index is -0.550. The Bertz CT molecular complexity index is 1230. The topological polar surface area (TPSA) is 109 Å². The fourth-order valence-corrected chi connectivity index (χ4v) is 6.67. The third kappa shape index (κ3) is 3.51. The number of likely N-dealkylation sites (tertiary alicyclic amines) is 1. The van der Waals surface area contributed by atoms with E-state index in [9.17, 15) is 9.59 Å². The molecule has 6 rings (SSSR count). The largest absolute Gasteiger partial charge is 0.462 e. The Kier molecular flexibility index (Phi) is 5.56. The van der Waals surface area contributed by atoms with Crippen molar-refractivity contribution in [3.63, 3.8) is 0 Å². The van der Waals surface area contributed by atoms with Gasteiger partial charge in [-0.15, -0.1) is 0 Å². The molecule has 0 radical (unpaired) electrons. The Balaban J connectivity index is 1.39. The lowest BCUT2D eigenvalue weighted by atomic mass is 9.82. The predicted octanol–water partition coefficient (Wildman–Crippen LogP) is 2.79. The first-order valence-corrected chi connectivity index (χ1v) is 12.5. The molecule has 0 spiro atoms. The van der Waals surface area contributed by atoms with Crippen LogP contribution in [0.4, 0.5) is 0 Å². The summed E-state index contributed by atoms with van der Waals surface area (Å²) in [6.45, 7) is 3.12. The van der Waals surface area contributed by atoms with Crippen molar-refractivity contribution in [1.82, 2.24) is 9.80 Å². The second kappa shape index (κ2) is 8.78. The summed E-state index contributed by atoms with van der Waals surface area (Å²) in [7, 11) is 0. The Morgan fingerprint density at radius 1 is 1.08 bits per heavy atom. The van der Waals surface area contributed by atoms with E-state index in [0.29, 0.717) is 23.7 Å². The van der Waals surface area contributed by atoms with Gasteiger partial charge in [0.05, 0.1) is 11.8 Å². The number of amides is 2. The number of carbonyl (C=O) groups excluding carboxylic acids is 2. The van der Waals surface area contributed by atoms with Gasteiger partial charge in [-0.1, -0.05) is 61.5 Å². The van der Waals surface area contributed by atoms with Gasteiger partial charge in [-0.25, -0.2) is 0 Å². The van der Waals surface area contributed by atoms with Crippen molar-refractivity contribution in [1.29, 1.82) is 5.41 Å². The van der Waals surface area contributed by atoms with Crippen LogP contribution in [-0.4, -0.2) is 52.9 Å². The predicted molar refractivity (Wildman–Crippen MR) is 132 cm³/mol. The molecule has 8 nitrogen and oxygen atoms in total. The van der Waals surface area contributed by atoms with E-state index >= 15 is 0 Å². The fraction of sp³-hybridized carbons (Fsp3) is 0.393. The molecule has 3 fully saturated rings. The summed E-state index contributed by atoms with van der Waals surface area (Å²) in [5.74, 6) is -0.290. The highest BCUT2D eigenvalue weighted by molar-refractivity contribution is 6.07. The van der Waals surface area contributed by atoms with Gasteiger partial charge in [-0.2, -0.15) is 0 Å². The quantitative estimate of drug-likeness (QED) is 0.369. The zero-order valence-electron chi connectivity index (χ0n) is 20.2. The summed E-state index contributed by atoms with van der Waals surface area (Å²) in [4.78, 5) is 32.1. The molecule has 4 aliphatic heterocycles. The Hall–Kier alpha value is -3.65. The lowest BCUT2D eigenvalue weighted by Crippen LogP contribution is -2.47. The van der Waals surface area contributed by atoms with Gasteiger partial charge in [0.25, 0.3) is 0 Å². The number of ether oxygens (including phenoxy) is 2. The SMILES string of the molecule is CC1CCN2C(c3ccc(C(=N)N)cc3)C3C(=O)N(C(Cc4ccccc4)C4=COCO4)C(=O)C3C12. The molecule has 0 saturated carbocycles. The van der Waals surface area contributed by atoms with E-state index in [1.165, 1.54) is 11.2 Å². The maximum Gasteiger partial charge on any atom is 0.235 e. The van der Waals surface area contributed by atoms with Gasteiger partial charge in [0.1, 0.15) is 18.1 Å². The number of benzene rings is 2. The molecule has 6 atom stereocenters. The highest BCUT2D eigenvalue weighted by Crippen LogP contribution is 2.55. The lowest BCUT2D eigenvalue weighted by Gasteiger charge is -2.32. The van der Waals surface area contributed by atoms with Gasteiger partial charge in [-0.05, 0) is 30.0 Å². The summed E-state index contributed by atoms with van der Waals surface area (Å²) in [6.07, 6.45) is 2.99. The van der Waals surface area contributed by atoms with Crippen LogP contribution < -0.4 is 5.73 Å². The molecule has 8 heteroatoms. The summed E-state index contributed by atoms with van der Waals surface area (Å²) >= 11 is 0. The number of imide groups is 1. The minimum absolute atomic E-state index is 0.00706. The Morgan fingerprint density at radius 3 is 2.47 bits per heavy atom. The van der Waals surface area contributed by atoms with E-state index in [2.05, 4.69) is 11.8 Å². The first-order chi connectivity index (χ1) is 17.5.